The van der Waals surface area contributed by atoms with E-state index in [1.165, 1.54) is 22.4 Å². The minimum absolute atomic E-state index is 0.135. The largest absolute Gasteiger partial charge is 0.308 e. The number of hydrogen-bond acceptors (Lipinski definition) is 2. The highest BCUT2D eigenvalue weighted by molar-refractivity contribution is 9.10. The molecule has 0 amide bonds. The van der Waals surface area contributed by atoms with Gasteiger partial charge >= 0.3 is 0 Å². The monoisotopic (exact) mass is 335 g/mol. The molecule has 0 saturated heterocycles. The average molecular weight is 336 g/mol. The van der Waals surface area contributed by atoms with Crippen molar-refractivity contribution in [2.45, 2.75) is 39.8 Å². The number of benzene rings is 1. The summed E-state index contributed by atoms with van der Waals surface area (Å²) >= 11 is 3.65. The van der Waals surface area contributed by atoms with Crippen LogP contribution in [0.2, 0.25) is 0 Å². The molecule has 1 aromatic carbocycles. The Kier molecular flexibility index (Phi) is 4.66. The van der Waals surface area contributed by atoms with Crippen LogP contribution in [0.15, 0.2) is 28.9 Å². The number of nitrogens with zero attached hydrogens (tertiary/aromatic N) is 2. The standard InChI is InChI=1S/C16H22BrN3/c1-10(2)20-16(13(17)9-19-20)15(18-5)14-11(3)7-6-8-12(14)4/h6-10,15,18H,1-5H3. The first-order valence-electron chi connectivity index (χ1n) is 6.93. The van der Waals surface area contributed by atoms with Crippen LogP contribution in [0, 0.1) is 13.8 Å². The van der Waals surface area contributed by atoms with Crippen molar-refractivity contribution in [3.05, 3.63) is 51.3 Å². The van der Waals surface area contributed by atoms with Crippen molar-refractivity contribution >= 4 is 15.9 Å². The van der Waals surface area contributed by atoms with E-state index in [-0.39, 0.29) is 6.04 Å². The Balaban J connectivity index is 2.62. The number of rotatable bonds is 4. The molecule has 0 aliphatic heterocycles. The molecule has 1 atom stereocenters. The molecule has 1 N–H and O–H groups in total. The van der Waals surface area contributed by atoms with Gasteiger partial charge < -0.3 is 5.32 Å². The van der Waals surface area contributed by atoms with E-state index in [4.69, 9.17) is 0 Å². The van der Waals surface area contributed by atoms with E-state index in [9.17, 15) is 0 Å². The van der Waals surface area contributed by atoms with Crippen molar-refractivity contribution in [2.75, 3.05) is 7.05 Å². The summed E-state index contributed by atoms with van der Waals surface area (Å²) in [6, 6.07) is 6.90. The van der Waals surface area contributed by atoms with E-state index >= 15 is 0 Å². The Morgan fingerprint density at radius 2 is 1.80 bits per heavy atom. The van der Waals surface area contributed by atoms with E-state index in [2.05, 4.69) is 76.9 Å². The summed E-state index contributed by atoms with van der Waals surface area (Å²) in [6.45, 7) is 8.63. The van der Waals surface area contributed by atoms with Crippen LogP contribution in [-0.4, -0.2) is 16.8 Å². The predicted octanol–water partition coefficient (Wildman–Crippen LogP) is 4.15. The van der Waals surface area contributed by atoms with Gasteiger partial charge in [-0.05, 0) is 67.4 Å². The maximum atomic E-state index is 4.50. The van der Waals surface area contributed by atoms with Gasteiger partial charge in [0.25, 0.3) is 0 Å². The fraction of sp³-hybridized carbons (Fsp3) is 0.438. The Morgan fingerprint density at radius 1 is 1.20 bits per heavy atom. The molecule has 108 valence electrons. The van der Waals surface area contributed by atoms with Crippen molar-refractivity contribution in [1.82, 2.24) is 15.1 Å². The van der Waals surface area contributed by atoms with Gasteiger partial charge in [-0.1, -0.05) is 18.2 Å². The van der Waals surface area contributed by atoms with E-state index in [0.29, 0.717) is 6.04 Å². The molecule has 4 heteroatoms. The van der Waals surface area contributed by atoms with Crippen molar-refractivity contribution in [1.29, 1.82) is 0 Å². The second kappa shape index (κ2) is 6.10. The molecular weight excluding hydrogens is 314 g/mol. The Morgan fingerprint density at radius 3 is 2.30 bits per heavy atom. The van der Waals surface area contributed by atoms with Crippen molar-refractivity contribution in [3.63, 3.8) is 0 Å². The maximum absolute atomic E-state index is 4.50. The third kappa shape index (κ3) is 2.67. The molecule has 0 radical (unpaired) electrons. The lowest BCUT2D eigenvalue weighted by Gasteiger charge is -2.24. The second-order valence-corrected chi connectivity index (χ2v) is 6.30. The summed E-state index contributed by atoms with van der Waals surface area (Å²) in [5, 5.41) is 7.95. The fourth-order valence-corrected chi connectivity index (χ4v) is 3.23. The predicted molar refractivity (Wildman–Crippen MR) is 87.1 cm³/mol. The molecule has 0 aliphatic rings. The minimum atomic E-state index is 0.135. The van der Waals surface area contributed by atoms with Crippen LogP contribution >= 0.6 is 15.9 Å². The lowest BCUT2D eigenvalue weighted by Crippen LogP contribution is -2.24. The lowest BCUT2D eigenvalue weighted by molar-refractivity contribution is 0.482. The second-order valence-electron chi connectivity index (χ2n) is 5.44. The van der Waals surface area contributed by atoms with Crippen molar-refractivity contribution < 1.29 is 0 Å². The highest BCUT2D eigenvalue weighted by Crippen LogP contribution is 2.33. The zero-order valence-corrected chi connectivity index (χ0v) is 14.3. The van der Waals surface area contributed by atoms with E-state index in [1.54, 1.807) is 0 Å². The lowest BCUT2D eigenvalue weighted by atomic mass is 9.94. The van der Waals surface area contributed by atoms with Gasteiger partial charge in [-0.2, -0.15) is 5.10 Å². The molecule has 1 aromatic heterocycles. The van der Waals surface area contributed by atoms with Crippen LogP contribution in [0.1, 0.15) is 48.3 Å². The van der Waals surface area contributed by atoms with Crippen LogP contribution in [0.3, 0.4) is 0 Å². The first-order chi connectivity index (χ1) is 9.47. The number of aromatic nitrogens is 2. The summed E-state index contributed by atoms with van der Waals surface area (Å²) < 4.78 is 3.13. The summed E-state index contributed by atoms with van der Waals surface area (Å²) in [5.41, 5.74) is 5.11. The highest BCUT2D eigenvalue weighted by atomic mass is 79.9. The zero-order valence-electron chi connectivity index (χ0n) is 12.7. The third-order valence-corrected chi connectivity index (χ3v) is 4.28. The number of hydrogen-bond donors (Lipinski definition) is 1. The normalized spacial score (nSPS) is 12.9. The van der Waals surface area contributed by atoms with Gasteiger partial charge in [0, 0.05) is 6.04 Å². The molecule has 0 spiro atoms. The molecule has 2 aromatic rings. The Labute approximate surface area is 129 Å². The molecular formula is C16H22BrN3. The number of halogens is 1. The van der Waals surface area contributed by atoms with Crippen LogP contribution in [0.25, 0.3) is 0 Å². The molecule has 0 aliphatic carbocycles. The SMILES string of the molecule is CNC(c1c(C)cccc1C)c1c(Br)cnn1C(C)C. The summed E-state index contributed by atoms with van der Waals surface area (Å²) in [4.78, 5) is 0. The topological polar surface area (TPSA) is 29.9 Å². The van der Waals surface area contributed by atoms with Crippen molar-refractivity contribution in [2.24, 2.45) is 0 Å². The Bertz CT molecular complexity index is 582. The third-order valence-electron chi connectivity index (χ3n) is 3.67. The first-order valence-corrected chi connectivity index (χ1v) is 7.73. The molecule has 2 rings (SSSR count). The quantitative estimate of drug-likeness (QED) is 0.909. The molecule has 0 saturated carbocycles. The van der Waals surface area contributed by atoms with Gasteiger partial charge in [0.05, 0.1) is 22.4 Å². The molecule has 3 nitrogen and oxygen atoms in total. The summed E-state index contributed by atoms with van der Waals surface area (Å²) in [5.74, 6) is 0. The van der Waals surface area contributed by atoms with Crippen molar-refractivity contribution in [3.8, 4) is 0 Å². The fourth-order valence-electron chi connectivity index (χ4n) is 2.73. The number of aryl methyl sites for hydroxylation is 2. The first kappa shape index (κ1) is 15.3. The van der Waals surface area contributed by atoms with E-state index < -0.39 is 0 Å². The van der Waals surface area contributed by atoms with Gasteiger partial charge in [0.15, 0.2) is 0 Å². The molecule has 0 fully saturated rings. The van der Waals surface area contributed by atoms with Crippen LogP contribution in [-0.2, 0) is 0 Å². The van der Waals surface area contributed by atoms with Gasteiger partial charge in [-0.25, -0.2) is 0 Å². The zero-order chi connectivity index (χ0) is 14.9. The van der Waals surface area contributed by atoms with Crippen LogP contribution in [0.4, 0.5) is 0 Å². The number of nitrogens with one attached hydrogen (secondary N) is 1. The molecule has 1 heterocycles. The van der Waals surface area contributed by atoms with Gasteiger partial charge in [0.2, 0.25) is 0 Å². The van der Waals surface area contributed by atoms with Gasteiger partial charge in [0.1, 0.15) is 0 Å². The molecule has 0 bridgehead atoms. The highest BCUT2D eigenvalue weighted by Gasteiger charge is 2.24. The maximum Gasteiger partial charge on any atom is 0.0762 e. The van der Waals surface area contributed by atoms with E-state index in [0.717, 1.165) is 4.47 Å². The Hall–Kier alpha value is -1.13. The van der Waals surface area contributed by atoms with Gasteiger partial charge in [-0.3, -0.25) is 4.68 Å². The summed E-state index contributed by atoms with van der Waals surface area (Å²) in [7, 11) is 2.00. The van der Waals surface area contributed by atoms with E-state index in [1.807, 2.05) is 13.2 Å². The minimum Gasteiger partial charge on any atom is -0.308 e. The average Bonchev–Trinajstić information content (AvgIpc) is 2.76. The smallest absolute Gasteiger partial charge is 0.0762 e. The molecule has 1 unspecified atom stereocenters. The molecule has 20 heavy (non-hydrogen) atoms. The van der Waals surface area contributed by atoms with Crippen LogP contribution in [0.5, 0.6) is 0 Å². The van der Waals surface area contributed by atoms with Gasteiger partial charge in [-0.15, -0.1) is 0 Å². The van der Waals surface area contributed by atoms with Crippen LogP contribution < -0.4 is 5.32 Å². The summed E-state index contributed by atoms with van der Waals surface area (Å²) in [6.07, 6.45) is 1.88.